The minimum absolute atomic E-state index is 0.200. The van der Waals surface area contributed by atoms with Gasteiger partial charge in [-0.3, -0.25) is 14.6 Å². The molecular formula is C18H27N3O. The SMILES string of the molecule is Cc1ccc(C)c(CN2CCN(CC(=O)NC3CC3)CC2)c1. The predicted octanol–water partition coefficient (Wildman–Crippen LogP) is 1.70. The van der Waals surface area contributed by atoms with Gasteiger partial charge in [0, 0.05) is 38.8 Å². The number of piperazine rings is 1. The van der Waals surface area contributed by atoms with E-state index in [0.717, 1.165) is 45.6 Å². The number of hydrogen-bond donors (Lipinski definition) is 1. The molecule has 120 valence electrons. The third-order valence-corrected chi connectivity index (χ3v) is 4.67. The van der Waals surface area contributed by atoms with Gasteiger partial charge in [0.2, 0.25) is 5.91 Å². The fourth-order valence-corrected chi connectivity index (χ4v) is 3.02. The molecule has 1 aromatic rings. The Bertz CT molecular complexity index is 531. The van der Waals surface area contributed by atoms with Crippen LogP contribution >= 0.6 is 0 Å². The van der Waals surface area contributed by atoms with Crippen molar-refractivity contribution in [3.05, 3.63) is 34.9 Å². The summed E-state index contributed by atoms with van der Waals surface area (Å²) in [5.74, 6) is 0.200. The summed E-state index contributed by atoms with van der Waals surface area (Å²) in [6.45, 7) is 10.00. The number of nitrogens with one attached hydrogen (secondary N) is 1. The predicted molar refractivity (Wildman–Crippen MR) is 88.8 cm³/mol. The van der Waals surface area contributed by atoms with Gasteiger partial charge in [0.25, 0.3) is 0 Å². The summed E-state index contributed by atoms with van der Waals surface area (Å²) in [6, 6.07) is 7.15. The number of aryl methyl sites for hydroxylation is 2. The van der Waals surface area contributed by atoms with Crippen molar-refractivity contribution in [1.29, 1.82) is 0 Å². The summed E-state index contributed by atoms with van der Waals surface area (Å²) in [5, 5.41) is 3.07. The van der Waals surface area contributed by atoms with Gasteiger partial charge in [0.05, 0.1) is 6.54 Å². The molecule has 1 N–H and O–H groups in total. The van der Waals surface area contributed by atoms with Crippen LogP contribution in [0.25, 0.3) is 0 Å². The van der Waals surface area contributed by atoms with E-state index in [9.17, 15) is 4.79 Å². The second-order valence-corrected chi connectivity index (χ2v) is 6.82. The average Bonchev–Trinajstić information content (AvgIpc) is 3.29. The van der Waals surface area contributed by atoms with Crippen LogP contribution < -0.4 is 5.32 Å². The van der Waals surface area contributed by atoms with E-state index in [0.29, 0.717) is 12.6 Å². The van der Waals surface area contributed by atoms with E-state index in [1.165, 1.54) is 16.7 Å². The topological polar surface area (TPSA) is 35.6 Å². The van der Waals surface area contributed by atoms with E-state index in [-0.39, 0.29) is 5.91 Å². The van der Waals surface area contributed by atoms with Crippen molar-refractivity contribution in [3.8, 4) is 0 Å². The minimum atomic E-state index is 0.200. The molecule has 1 amide bonds. The van der Waals surface area contributed by atoms with Gasteiger partial charge < -0.3 is 5.32 Å². The van der Waals surface area contributed by atoms with Crippen molar-refractivity contribution in [2.45, 2.75) is 39.3 Å². The third-order valence-electron chi connectivity index (χ3n) is 4.67. The lowest BCUT2D eigenvalue weighted by atomic mass is 10.0. The summed E-state index contributed by atoms with van der Waals surface area (Å²) in [6.07, 6.45) is 2.32. The number of benzene rings is 1. The van der Waals surface area contributed by atoms with Gasteiger partial charge in [-0.2, -0.15) is 0 Å². The second kappa shape index (κ2) is 6.80. The average molecular weight is 301 g/mol. The van der Waals surface area contributed by atoms with E-state index >= 15 is 0 Å². The third kappa shape index (κ3) is 4.31. The van der Waals surface area contributed by atoms with Crippen molar-refractivity contribution in [2.24, 2.45) is 0 Å². The highest BCUT2D eigenvalue weighted by Crippen LogP contribution is 2.18. The van der Waals surface area contributed by atoms with Crippen LogP contribution in [-0.4, -0.2) is 54.5 Å². The number of nitrogens with zero attached hydrogens (tertiary/aromatic N) is 2. The summed E-state index contributed by atoms with van der Waals surface area (Å²) < 4.78 is 0. The van der Waals surface area contributed by atoms with Gasteiger partial charge in [-0.25, -0.2) is 0 Å². The maximum atomic E-state index is 11.8. The molecule has 2 fully saturated rings. The monoisotopic (exact) mass is 301 g/mol. The van der Waals surface area contributed by atoms with E-state index in [4.69, 9.17) is 0 Å². The molecule has 1 heterocycles. The summed E-state index contributed by atoms with van der Waals surface area (Å²) in [7, 11) is 0. The van der Waals surface area contributed by atoms with Crippen LogP contribution in [0.5, 0.6) is 0 Å². The van der Waals surface area contributed by atoms with Crippen molar-refractivity contribution < 1.29 is 4.79 Å². The molecular weight excluding hydrogens is 274 g/mol. The highest BCUT2D eigenvalue weighted by molar-refractivity contribution is 5.78. The fourth-order valence-electron chi connectivity index (χ4n) is 3.02. The molecule has 1 aliphatic carbocycles. The van der Waals surface area contributed by atoms with Gasteiger partial charge >= 0.3 is 0 Å². The molecule has 22 heavy (non-hydrogen) atoms. The molecule has 1 aliphatic heterocycles. The zero-order valence-electron chi connectivity index (χ0n) is 13.8. The molecule has 1 aromatic carbocycles. The maximum Gasteiger partial charge on any atom is 0.234 e. The molecule has 0 radical (unpaired) electrons. The summed E-state index contributed by atoms with van der Waals surface area (Å²) >= 11 is 0. The molecule has 0 spiro atoms. The molecule has 2 aliphatic rings. The Morgan fingerprint density at radius 2 is 1.82 bits per heavy atom. The van der Waals surface area contributed by atoms with Gasteiger partial charge in [-0.05, 0) is 37.8 Å². The smallest absolute Gasteiger partial charge is 0.234 e. The van der Waals surface area contributed by atoms with Crippen molar-refractivity contribution >= 4 is 5.91 Å². The molecule has 3 rings (SSSR count). The van der Waals surface area contributed by atoms with Gasteiger partial charge in [0.1, 0.15) is 0 Å². The van der Waals surface area contributed by atoms with Gasteiger partial charge in [0.15, 0.2) is 0 Å². The van der Waals surface area contributed by atoms with Gasteiger partial charge in [-0.1, -0.05) is 23.8 Å². The Morgan fingerprint density at radius 1 is 1.14 bits per heavy atom. The largest absolute Gasteiger partial charge is 0.352 e. The summed E-state index contributed by atoms with van der Waals surface area (Å²) in [5.41, 5.74) is 4.13. The molecule has 1 saturated heterocycles. The second-order valence-electron chi connectivity index (χ2n) is 6.82. The quantitative estimate of drug-likeness (QED) is 0.899. The van der Waals surface area contributed by atoms with Crippen molar-refractivity contribution in [2.75, 3.05) is 32.7 Å². The van der Waals surface area contributed by atoms with E-state index in [2.05, 4.69) is 47.2 Å². The zero-order chi connectivity index (χ0) is 15.5. The number of carbonyl (C=O) groups is 1. The maximum absolute atomic E-state index is 11.8. The Balaban J connectivity index is 1.45. The molecule has 4 heteroatoms. The Morgan fingerprint density at radius 3 is 2.50 bits per heavy atom. The molecule has 0 aromatic heterocycles. The molecule has 0 unspecified atom stereocenters. The Labute approximate surface area is 133 Å². The first-order valence-electron chi connectivity index (χ1n) is 8.40. The number of amides is 1. The normalized spacial score (nSPS) is 20.1. The first-order valence-corrected chi connectivity index (χ1v) is 8.40. The van der Waals surface area contributed by atoms with E-state index in [1.807, 2.05) is 0 Å². The highest BCUT2D eigenvalue weighted by Gasteiger charge is 2.25. The van der Waals surface area contributed by atoms with Crippen LogP contribution in [-0.2, 0) is 11.3 Å². The standard InChI is InChI=1S/C18H27N3O/c1-14-3-4-15(2)16(11-14)12-20-7-9-21(10-8-20)13-18(22)19-17-5-6-17/h3-4,11,17H,5-10,12-13H2,1-2H3,(H,19,22). The number of carbonyl (C=O) groups excluding carboxylic acids is 1. The van der Waals surface area contributed by atoms with E-state index < -0.39 is 0 Å². The van der Waals surface area contributed by atoms with E-state index in [1.54, 1.807) is 0 Å². The Hall–Kier alpha value is -1.39. The molecule has 0 bridgehead atoms. The molecule has 4 nitrogen and oxygen atoms in total. The first-order chi connectivity index (χ1) is 10.6. The van der Waals surface area contributed by atoms with Crippen LogP contribution in [0, 0.1) is 13.8 Å². The lowest BCUT2D eigenvalue weighted by Gasteiger charge is -2.34. The lowest BCUT2D eigenvalue weighted by Crippen LogP contribution is -2.49. The number of rotatable bonds is 5. The summed E-state index contributed by atoms with van der Waals surface area (Å²) in [4.78, 5) is 16.6. The minimum Gasteiger partial charge on any atom is -0.352 e. The fraction of sp³-hybridized carbons (Fsp3) is 0.611. The van der Waals surface area contributed by atoms with Crippen LogP contribution in [0.15, 0.2) is 18.2 Å². The van der Waals surface area contributed by atoms with Crippen LogP contribution in [0.3, 0.4) is 0 Å². The van der Waals surface area contributed by atoms with Crippen LogP contribution in [0.2, 0.25) is 0 Å². The van der Waals surface area contributed by atoms with Gasteiger partial charge in [-0.15, -0.1) is 0 Å². The lowest BCUT2D eigenvalue weighted by molar-refractivity contribution is -0.122. The van der Waals surface area contributed by atoms with Crippen LogP contribution in [0.4, 0.5) is 0 Å². The molecule has 1 saturated carbocycles. The number of hydrogen-bond acceptors (Lipinski definition) is 3. The molecule has 0 atom stereocenters. The zero-order valence-corrected chi connectivity index (χ0v) is 13.8. The van der Waals surface area contributed by atoms with Crippen molar-refractivity contribution in [3.63, 3.8) is 0 Å². The highest BCUT2D eigenvalue weighted by atomic mass is 16.2. The van der Waals surface area contributed by atoms with Crippen molar-refractivity contribution in [1.82, 2.24) is 15.1 Å². The Kier molecular flexibility index (Phi) is 4.79. The van der Waals surface area contributed by atoms with Crippen LogP contribution in [0.1, 0.15) is 29.5 Å². The first kappa shape index (κ1) is 15.5.